The number of hydrogen-bond donors (Lipinski definition) is 2. The van der Waals surface area contributed by atoms with Gasteiger partial charge in [0, 0.05) is 13.1 Å². The summed E-state index contributed by atoms with van der Waals surface area (Å²) in [6.45, 7) is 7.88. The molecule has 0 aromatic heterocycles. The van der Waals surface area contributed by atoms with Crippen LogP contribution < -0.4 is 15.4 Å². The number of urea groups is 1. The summed E-state index contributed by atoms with van der Waals surface area (Å²) in [6, 6.07) is 9.18. The average Bonchev–Trinajstić information content (AvgIpc) is 2.45. The summed E-state index contributed by atoms with van der Waals surface area (Å²) in [4.78, 5) is 13.7. The van der Waals surface area contributed by atoms with E-state index in [0.29, 0.717) is 6.54 Å². The minimum Gasteiger partial charge on any atom is -0.473 e. The van der Waals surface area contributed by atoms with E-state index in [0.717, 1.165) is 25.4 Å². The lowest BCUT2D eigenvalue weighted by Crippen LogP contribution is -2.41. The molecule has 0 bridgehead atoms. The van der Waals surface area contributed by atoms with Crippen LogP contribution in [0.1, 0.15) is 13.8 Å². The Balaban J connectivity index is 2.08. The molecule has 106 valence electrons. The maximum Gasteiger partial charge on any atom is 0.317 e. The Morgan fingerprint density at radius 1 is 1.16 bits per heavy atom. The van der Waals surface area contributed by atoms with E-state index < -0.39 is 0 Å². The lowest BCUT2D eigenvalue weighted by atomic mass is 10.3. The molecule has 0 atom stereocenters. The van der Waals surface area contributed by atoms with Crippen LogP contribution in [0.25, 0.3) is 0 Å². The van der Waals surface area contributed by atoms with Crippen molar-refractivity contribution in [3.63, 3.8) is 0 Å². The van der Waals surface area contributed by atoms with E-state index in [1.165, 1.54) is 0 Å². The van der Waals surface area contributed by atoms with Gasteiger partial charge < -0.3 is 20.3 Å². The van der Waals surface area contributed by atoms with Gasteiger partial charge in [0.15, 0.2) is 6.73 Å². The summed E-state index contributed by atoms with van der Waals surface area (Å²) in [6.07, 6.45) is 0. The van der Waals surface area contributed by atoms with Gasteiger partial charge in [-0.25, -0.2) is 4.79 Å². The molecule has 1 aromatic rings. The summed E-state index contributed by atoms with van der Waals surface area (Å²) in [5.74, 6) is 0.742. The molecule has 0 aliphatic rings. The van der Waals surface area contributed by atoms with Crippen LogP contribution in [0.4, 0.5) is 4.79 Å². The van der Waals surface area contributed by atoms with E-state index in [1.807, 2.05) is 30.3 Å². The SMILES string of the molecule is CCN(CC)CCNC(=O)NCOc1ccccc1. The Morgan fingerprint density at radius 3 is 2.47 bits per heavy atom. The van der Waals surface area contributed by atoms with Crippen LogP contribution in [0, 0.1) is 0 Å². The Bertz CT molecular complexity index is 353. The fraction of sp³-hybridized carbons (Fsp3) is 0.500. The summed E-state index contributed by atoms with van der Waals surface area (Å²) in [7, 11) is 0. The normalized spacial score (nSPS) is 10.3. The number of nitrogens with zero attached hydrogens (tertiary/aromatic N) is 1. The van der Waals surface area contributed by atoms with Crippen molar-refractivity contribution in [1.29, 1.82) is 0 Å². The van der Waals surface area contributed by atoms with Crippen molar-refractivity contribution < 1.29 is 9.53 Å². The first-order valence-corrected chi connectivity index (χ1v) is 6.68. The van der Waals surface area contributed by atoms with E-state index in [-0.39, 0.29) is 12.8 Å². The number of ether oxygens (including phenoxy) is 1. The van der Waals surface area contributed by atoms with Gasteiger partial charge in [0.1, 0.15) is 5.75 Å². The van der Waals surface area contributed by atoms with E-state index in [1.54, 1.807) is 0 Å². The van der Waals surface area contributed by atoms with E-state index >= 15 is 0 Å². The summed E-state index contributed by atoms with van der Waals surface area (Å²) in [5, 5.41) is 5.45. The molecule has 0 saturated carbocycles. The maximum absolute atomic E-state index is 11.5. The molecule has 19 heavy (non-hydrogen) atoms. The Morgan fingerprint density at radius 2 is 1.84 bits per heavy atom. The zero-order chi connectivity index (χ0) is 13.9. The lowest BCUT2D eigenvalue weighted by molar-refractivity contribution is 0.221. The molecule has 1 rings (SSSR count). The molecule has 1 aromatic carbocycles. The molecular formula is C14H23N3O2. The van der Waals surface area contributed by atoms with Crippen molar-refractivity contribution in [2.75, 3.05) is 32.9 Å². The highest BCUT2D eigenvalue weighted by atomic mass is 16.5. The molecular weight excluding hydrogens is 242 g/mol. The first-order valence-electron chi connectivity index (χ1n) is 6.68. The largest absolute Gasteiger partial charge is 0.473 e. The number of rotatable bonds is 8. The third kappa shape index (κ3) is 6.67. The monoisotopic (exact) mass is 265 g/mol. The molecule has 0 unspecified atom stereocenters. The maximum atomic E-state index is 11.5. The zero-order valence-electron chi connectivity index (χ0n) is 11.7. The molecule has 2 N–H and O–H groups in total. The standard InChI is InChI=1S/C14H23N3O2/c1-3-17(4-2)11-10-15-14(18)16-12-19-13-8-6-5-7-9-13/h5-9H,3-4,10-12H2,1-2H3,(H2,15,16,18). The number of amides is 2. The van der Waals surface area contributed by atoms with Crippen molar-refractivity contribution in [2.24, 2.45) is 0 Å². The van der Waals surface area contributed by atoms with E-state index in [4.69, 9.17) is 4.74 Å². The number of carbonyl (C=O) groups is 1. The molecule has 0 radical (unpaired) electrons. The van der Waals surface area contributed by atoms with Crippen molar-refractivity contribution in [1.82, 2.24) is 15.5 Å². The number of benzene rings is 1. The average molecular weight is 265 g/mol. The second-order valence-electron chi connectivity index (χ2n) is 4.06. The Hall–Kier alpha value is -1.75. The first-order chi connectivity index (χ1) is 9.26. The minimum atomic E-state index is -0.205. The minimum absolute atomic E-state index is 0.168. The fourth-order valence-electron chi connectivity index (χ4n) is 1.63. The van der Waals surface area contributed by atoms with Crippen molar-refractivity contribution in [3.8, 4) is 5.75 Å². The number of hydrogen-bond acceptors (Lipinski definition) is 3. The van der Waals surface area contributed by atoms with Crippen LogP contribution in [-0.2, 0) is 0 Å². The quantitative estimate of drug-likeness (QED) is 0.703. The Labute approximate surface area is 114 Å². The molecule has 5 heteroatoms. The third-order valence-corrected chi connectivity index (χ3v) is 2.82. The number of likely N-dealkylation sites (N-methyl/N-ethyl adjacent to an activating group) is 1. The van der Waals surface area contributed by atoms with Gasteiger partial charge in [0.05, 0.1) is 0 Å². The van der Waals surface area contributed by atoms with Crippen molar-refractivity contribution >= 4 is 6.03 Å². The van der Waals surface area contributed by atoms with Gasteiger partial charge in [-0.3, -0.25) is 0 Å². The predicted molar refractivity (Wildman–Crippen MR) is 76.3 cm³/mol. The molecule has 0 aliphatic carbocycles. The fourth-order valence-corrected chi connectivity index (χ4v) is 1.63. The van der Waals surface area contributed by atoms with Gasteiger partial charge in [-0.15, -0.1) is 0 Å². The molecule has 0 heterocycles. The predicted octanol–water partition coefficient (Wildman–Crippen LogP) is 1.66. The molecule has 0 spiro atoms. The highest BCUT2D eigenvalue weighted by Crippen LogP contribution is 2.06. The van der Waals surface area contributed by atoms with E-state index in [2.05, 4.69) is 29.4 Å². The van der Waals surface area contributed by atoms with Gasteiger partial charge in [-0.1, -0.05) is 32.0 Å². The van der Waals surface area contributed by atoms with Crippen LogP contribution in [0.2, 0.25) is 0 Å². The van der Waals surface area contributed by atoms with Gasteiger partial charge in [0.2, 0.25) is 0 Å². The topological polar surface area (TPSA) is 53.6 Å². The lowest BCUT2D eigenvalue weighted by Gasteiger charge is -2.18. The summed E-state index contributed by atoms with van der Waals surface area (Å²) >= 11 is 0. The van der Waals surface area contributed by atoms with Crippen LogP contribution in [0.3, 0.4) is 0 Å². The second-order valence-corrected chi connectivity index (χ2v) is 4.06. The van der Waals surface area contributed by atoms with Gasteiger partial charge in [-0.05, 0) is 25.2 Å². The van der Waals surface area contributed by atoms with Crippen LogP contribution in [-0.4, -0.2) is 43.8 Å². The van der Waals surface area contributed by atoms with Gasteiger partial charge in [-0.2, -0.15) is 0 Å². The summed E-state index contributed by atoms with van der Waals surface area (Å²) < 4.78 is 5.36. The number of para-hydroxylation sites is 1. The number of nitrogens with one attached hydrogen (secondary N) is 2. The van der Waals surface area contributed by atoms with Crippen LogP contribution in [0.5, 0.6) is 5.75 Å². The van der Waals surface area contributed by atoms with Crippen LogP contribution in [0.15, 0.2) is 30.3 Å². The van der Waals surface area contributed by atoms with Crippen LogP contribution >= 0.6 is 0 Å². The smallest absolute Gasteiger partial charge is 0.317 e. The summed E-state index contributed by atoms with van der Waals surface area (Å²) in [5.41, 5.74) is 0. The third-order valence-electron chi connectivity index (χ3n) is 2.82. The van der Waals surface area contributed by atoms with Gasteiger partial charge in [0.25, 0.3) is 0 Å². The number of carbonyl (C=O) groups excluding carboxylic acids is 1. The second kappa shape index (κ2) is 9.22. The molecule has 0 saturated heterocycles. The van der Waals surface area contributed by atoms with Crippen molar-refractivity contribution in [3.05, 3.63) is 30.3 Å². The Kier molecular flexibility index (Phi) is 7.43. The van der Waals surface area contributed by atoms with Crippen molar-refractivity contribution in [2.45, 2.75) is 13.8 Å². The molecule has 2 amide bonds. The molecule has 0 aliphatic heterocycles. The molecule has 0 fully saturated rings. The highest BCUT2D eigenvalue weighted by molar-refractivity contribution is 5.73. The molecule has 5 nitrogen and oxygen atoms in total. The van der Waals surface area contributed by atoms with Gasteiger partial charge >= 0.3 is 6.03 Å². The highest BCUT2D eigenvalue weighted by Gasteiger charge is 2.01. The first kappa shape index (κ1) is 15.3. The zero-order valence-corrected chi connectivity index (χ0v) is 11.7. The van der Waals surface area contributed by atoms with E-state index in [9.17, 15) is 4.79 Å².